The van der Waals surface area contributed by atoms with E-state index in [-0.39, 0.29) is 32.7 Å². The Hall–Kier alpha value is -4.83. The van der Waals surface area contributed by atoms with Crippen molar-refractivity contribution in [1.29, 1.82) is 0 Å². The number of carboxylic acid groups (broad SMARTS) is 1. The zero-order chi connectivity index (χ0) is 60.5. The van der Waals surface area contributed by atoms with E-state index in [1.165, 1.54) is 103 Å². The van der Waals surface area contributed by atoms with Gasteiger partial charge < -0.3 is 28.5 Å². The summed E-state index contributed by atoms with van der Waals surface area (Å²) in [5.41, 5.74) is 0. The summed E-state index contributed by atoms with van der Waals surface area (Å²) >= 11 is 0. The molecule has 0 radical (unpaired) electrons. The number of allylic oxidation sites excluding steroid dienone is 24. The highest BCUT2D eigenvalue weighted by Crippen LogP contribution is 2.16. The number of carbonyl (C=O) groups is 3. The monoisotopic (exact) mass is 1150 g/mol. The van der Waals surface area contributed by atoms with Crippen molar-refractivity contribution in [1.82, 2.24) is 0 Å². The van der Waals surface area contributed by atoms with Crippen LogP contribution < -0.4 is 0 Å². The Bertz CT molecular complexity index is 1870. The molecular formula is C74H122NO8+. The predicted molar refractivity (Wildman–Crippen MR) is 354 cm³/mol. The summed E-state index contributed by atoms with van der Waals surface area (Å²) in [6, 6.07) is 0. The summed E-state index contributed by atoms with van der Waals surface area (Å²) < 4.78 is 22.8. The summed E-state index contributed by atoms with van der Waals surface area (Å²) in [4.78, 5) is 37.4. The van der Waals surface area contributed by atoms with Crippen LogP contribution in [0.25, 0.3) is 0 Å². The van der Waals surface area contributed by atoms with Gasteiger partial charge in [-0.1, -0.05) is 269 Å². The number of rotatable bonds is 59. The molecule has 1 N–H and O–H groups in total. The lowest BCUT2D eigenvalue weighted by Gasteiger charge is -2.25. The van der Waals surface area contributed by atoms with Crippen LogP contribution in [0, 0.1) is 0 Å². The molecule has 0 aliphatic heterocycles. The SMILES string of the molecule is CC/C=C\C/C=C\C/C=C\C/C=C\C/C=C\C/C=C\C/C=C\CCCCCCCCCCCCCCCCCCCCCC(=O)OC(COC(=O)CCC/C=C\C/C=C\C/C=C\C/C=C\C/C=C\CC)COC(OCC[N+](C)(C)C)C(=O)O. The van der Waals surface area contributed by atoms with Gasteiger partial charge in [-0.15, -0.1) is 0 Å². The van der Waals surface area contributed by atoms with E-state index >= 15 is 0 Å². The number of likely N-dealkylation sites (N-methyl/N-ethyl adjacent to an activating group) is 1. The normalized spacial score (nSPS) is 13.7. The maximum absolute atomic E-state index is 12.9. The van der Waals surface area contributed by atoms with Crippen molar-refractivity contribution in [3.8, 4) is 0 Å². The van der Waals surface area contributed by atoms with Crippen LogP contribution in [0.5, 0.6) is 0 Å². The maximum Gasteiger partial charge on any atom is 0.361 e. The van der Waals surface area contributed by atoms with Crippen molar-refractivity contribution in [2.75, 3.05) is 47.5 Å². The molecule has 0 rings (SSSR count). The molecule has 0 amide bonds. The number of carbonyl (C=O) groups excluding carboxylic acids is 2. The molecule has 0 fully saturated rings. The Morgan fingerprint density at radius 2 is 0.663 bits per heavy atom. The minimum absolute atomic E-state index is 0.173. The zero-order valence-corrected chi connectivity index (χ0v) is 53.5. The van der Waals surface area contributed by atoms with Crippen molar-refractivity contribution in [2.45, 2.75) is 257 Å². The van der Waals surface area contributed by atoms with Crippen LogP contribution in [-0.2, 0) is 33.3 Å². The molecule has 470 valence electrons. The molecule has 83 heavy (non-hydrogen) atoms. The van der Waals surface area contributed by atoms with Crippen LogP contribution in [-0.4, -0.2) is 87.4 Å². The van der Waals surface area contributed by atoms with Crippen molar-refractivity contribution >= 4 is 17.9 Å². The number of carboxylic acids is 1. The second-order valence-electron chi connectivity index (χ2n) is 22.7. The molecule has 2 atom stereocenters. The summed E-state index contributed by atoms with van der Waals surface area (Å²) in [6.07, 6.45) is 89.7. The standard InChI is InChI=1S/C74H121NO8/c1-6-8-10-12-14-16-18-20-22-24-25-26-27-28-29-30-31-32-33-34-35-36-37-38-39-40-41-42-43-44-45-46-47-49-51-53-55-57-59-61-63-65-72(77)83-70(69-82-74(73(78)79)80-67-66-75(3,4)5)68-81-71(76)64-62-60-58-56-54-52-50-48-23-21-19-17-15-13-11-9-7-2/h8-11,14-17,20-23,25-26,28-29,31-32,34-35,50,52,56,58,70,74H,6-7,12-13,18-19,24,27,30,33,36-49,51,53-55,57,59-69H2,1-5H3/p+1/b10-8-,11-9-,16-14-,17-15-,22-20-,23-21-,26-25-,29-28-,32-31-,35-34-,52-50-,58-56-. The predicted octanol–water partition coefficient (Wildman–Crippen LogP) is 20.3. The third kappa shape index (κ3) is 64.6. The average molecular weight is 1150 g/mol. The third-order valence-electron chi connectivity index (χ3n) is 13.6. The van der Waals surface area contributed by atoms with E-state index in [4.69, 9.17) is 18.9 Å². The average Bonchev–Trinajstić information content (AvgIpc) is 3.46. The fraction of sp³-hybridized carbons (Fsp3) is 0.635. The largest absolute Gasteiger partial charge is 0.477 e. The van der Waals surface area contributed by atoms with Crippen LogP contribution >= 0.6 is 0 Å². The van der Waals surface area contributed by atoms with Gasteiger partial charge in [0.25, 0.3) is 6.29 Å². The van der Waals surface area contributed by atoms with E-state index in [9.17, 15) is 19.5 Å². The van der Waals surface area contributed by atoms with Gasteiger partial charge in [0.05, 0.1) is 34.4 Å². The fourth-order valence-corrected chi connectivity index (χ4v) is 8.62. The molecular weight excluding hydrogens is 1030 g/mol. The number of hydrogen-bond acceptors (Lipinski definition) is 7. The number of ether oxygens (including phenoxy) is 4. The van der Waals surface area contributed by atoms with Gasteiger partial charge in [-0.3, -0.25) is 9.59 Å². The van der Waals surface area contributed by atoms with Gasteiger partial charge in [-0.25, -0.2) is 4.79 Å². The zero-order valence-electron chi connectivity index (χ0n) is 53.5. The summed E-state index contributed by atoms with van der Waals surface area (Å²) in [6.45, 7) is 4.57. The van der Waals surface area contributed by atoms with Crippen LogP contribution in [0.3, 0.4) is 0 Å². The van der Waals surface area contributed by atoms with Crippen LogP contribution in [0.1, 0.15) is 245 Å². The number of hydrogen-bond donors (Lipinski definition) is 1. The highest BCUT2D eigenvalue weighted by Gasteiger charge is 2.25. The molecule has 2 unspecified atom stereocenters. The molecule has 9 heteroatoms. The van der Waals surface area contributed by atoms with E-state index < -0.39 is 30.3 Å². The van der Waals surface area contributed by atoms with Crippen molar-refractivity contribution in [2.24, 2.45) is 0 Å². The molecule has 0 saturated carbocycles. The molecule has 0 aromatic rings. The first-order valence-electron chi connectivity index (χ1n) is 33.0. The van der Waals surface area contributed by atoms with Gasteiger partial charge in [-0.2, -0.15) is 0 Å². The lowest BCUT2D eigenvalue weighted by atomic mass is 10.0. The summed E-state index contributed by atoms with van der Waals surface area (Å²) in [7, 11) is 5.95. The summed E-state index contributed by atoms with van der Waals surface area (Å²) in [5, 5.41) is 9.71. The minimum Gasteiger partial charge on any atom is -0.477 e. The molecule has 0 bridgehead atoms. The quantitative estimate of drug-likeness (QED) is 0.0211. The first kappa shape index (κ1) is 78.2. The van der Waals surface area contributed by atoms with Crippen molar-refractivity contribution in [3.05, 3.63) is 146 Å². The number of aliphatic carboxylic acids is 1. The smallest absolute Gasteiger partial charge is 0.361 e. The lowest BCUT2D eigenvalue weighted by molar-refractivity contribution is -0.870. The second kappa shape index (κ2) is 63.2. The van der Waals surface area contributed by atoms with Crippen LogP contribution in [0.15, 0.2) is 146 Å². The van der Waals surface area contributed by atoms with E-state index in [2.05, 4.69) is 160 Å². The molecule has 0 saturated heterocycles. The van der Waals surface area contributed by atoms with Gasteiger partial charge in [0.1, 0.15) is 13.2 Å². The molecule has 0 aliphatic carbocycles. The topological polar surface area (TPSA) is 108 Å². The highest BCUT2D eigenvalue weighted by molar-refractivity contribution is 5.71. The number of quaternary nitrogens is 1. The Balaban J connectivity index is 4.08. The van der Waals surface area contributed by atoms with Crippen LogP contribution in [0.4, 0.5) is 0 Å². The molecule has 0 aromatic heterocycles. The highest BCUT2D eigenvalue weighted by atomic mass is 16.7. The van der Waals surface area contributed by atoms with Gasteiger partial charge in [0, 0.05) is 12.8 Å². The fourth-order valence-electron chi connectivity index (χ4n) is 8.62. The van der Waals surface area contributed by atoms with Gasteiger partial charge >= 0.3 is 17.9 Å². The van der Waals surface area contributed by atoms with E-state index in [0.29, 0.717) is 23.9 Å². The minimum atomic E-state index is -1.53. The summed E-state index contributed by atoms with van der Waals surface area (Å²) in [5.74, 6) is -2.09. The number of nitrogens with zero attached hydrogens (tertiary/aromatic N) is 1. The van der Waals surface area contributed by atoms with E-state index in [1.54, 1.807) is 0 Å². The van der Waals surface area contributed by atoms with Gasteiger partial charge in [-0.05, 0) is 109 Å². The molecule has 9 nitrogen and oxygen atoms in total. The first-order valence-corrected chi connectivity index (χ1v) is 33.0. The van der Waals surface area contributed by atoms with Crippen molar-refractivity contribution in [3.63, 3.8) is 0 Å². The van der Waals surface area contributed by atoms with Crippen LogP contribution in [0.2, 0.25) is 0 Å². The molecule has 0 heterocycles. The number of esters is 2. The van der Waals surface area contributed by atoms with Crippen molar-refractivity contribution < 1.29 is 42.9 Å². The Kier molecular flexibility index (Phi) is 59.5. The Morgan fingerprint density at radius 3 is 1.00 bits per heavy atom. The maximum atomic E-state index is 12.9. The first-order chi connectivity index (χ1) is 40.6. The molecule has 0 aromatic carbocycles. The van der Waals surface area contributed by atoms with E-state index in [1.807, 2.05) is 21.1 Å². The Labute approximate surface area is 509 Å². The van der Waals surface area contributed by atoms with Gasteiger partial charge in [0.2, 0.25) is 0 Å². The Morgan fingerprint density at radius 1 is 0.361 bits per heavy atom. The van der Waals surface area contributed by atoms with Gasteiger partial charge in [0.15, 0.2) is 6.10 Å². The number of unbranched alkanes of at least 4 members (excludes halogenated alkanes) is 20. The van der Waals surface area contributed by atoms with E-state index in [0.717, 1.165) is 103 Å². The second-order valence-corrected chi connectivity index (χ2v) is 22.7. The lowest BCUT2D eigenvalue weighted by Crippen LogP contribution is -2.40. The third-order valence-corrected chi connectivity index (χ3v) is 13.6. The molecule has 0 spiro atoms. The molecule has 0 aliphatic rings.